The van der Waals surface area contributed by atoms with Gasteiger partial charge in [-0.1, -0.05) is 23.7 Å². The molecule has 0 N–H and O–H groups in total. The third-order valence-electron chi connectivity index (χ3n) is 3.28. The number of anilines is 2. The maximum absolute atomic E-state index is 9.26. The minimum atomic E-state index is 0.367. The lowest BCUT2D eigenvalue weighted by Gasteiger charge is -2.23. The fraction of sp³-hybridized carbons (Fsp3) is 0.143. The number of para-hydroxylation sites is 1. The Morgan fingerprint density at radius 3 is 2.86 bits per heavy atom. The van der Waals surface area contributed by atoms with Gasteiger partial charge in [0.2, 0.25) is 0 Å². The van der Waals surface area contributed by atoms with Gasteiger partial charge in [-0.2, -0.15) is 24.8 Å². The van der Waals surface area contributed by atoms with E-state index in [2.05, 4.69) is 21.1 Å². The quantitative estimate of drug-likeness (QED) is 0.680. The van der Waals surface area contributed by atoms with Gasteiger partial charge in [0.15, 0.2) is 0 Å². The molecule has 21 heavy (non-hydrogen) atoms. The highest BCUT2D eigenvalue weighted by molar-refractivity contribution is 6.30. The summed E-state index contributed by atoms with van der Waals surface area (Å²) in [5.41, 5.74) is 2.10. The lowest BCUT2D eigenvalue weighted by molar-refractivity contribution is 0.900. The van der Waals surface area contributed by atoms with Crippen LogP contribution < -0.4 is 4.90 Å². The molecule has 7 heteroatoms. The minimum absolute atomic E-state index is 0.367. The van der Waals surface area contributed by atoms with Crippen LogP contribution in [0.2, 0.25) is 5.15 Å². The summed E-state index contributed by atoms with van der Waals surface area (Å²) in [6.07, 6.45) is 1.42. The molecule has 2 aromatic heterocycles. The molecule has 0 fully saturated rings. The summed E-state index contributed by atoms with van der Waals surface area (Å²) in [6.45, 7) is 1.86. The molecule has 3 rings (SSSR count). The molecule has 0 saturated heterocycles. The summed E-state index contributed by atoms with van der Waals surface area (Å²) in [5.74, 6) is 1.15. The average molecular weight is 299 g/mol. The van der Waals surface area contributed by atoms with Gasteiger partial charge in [0, 0.05) is 12.6 Å². The predicted octanol–water partition coefficient (Wildman–Crippen LogP) is 2.73. The molecular formula is C14H11ClN6. The smallest absolute Gasteiger partial charge is 0.255 e. The predicted molar refractivity (Wildman–Crippen MR) is 79.7 cm³/mol. The Kier molecular flexibility index (Phi) is 3.20. The zero-order chi connectivity index (χ0) is 15.0. The number of aromatic nitrogens is 4. The lowest BCUT2D eigenvalue weighted by Crippen LogP contribution is -2.17. The number of nitriles is 1. The van der Waals surface area contributed by atoms with Crippen LogP contribution in [0.4, 0.5) is 11.5 Å². The summed E-state index contributed by atoms with van der Waals surface area (Å²) < 4.78 is 1.61. The molecule has 0 unspecified atom stereocenters. The molecule has 0 aliphatic carbocycles. The van der Waals surface area contributed by atoms with Crippen LogP contribution in [0.5, 0.6) is 0 Å². The van der Waals surface area contributed by atoms with E-state index < -0.39 is 0 Å². The maximum Gasteiger partial charge on any atom is 0.255 e. The zero-order valence-corrected chi connectivity index (χ0v) is 12.2. The Morgan fingerprint density at radius 1 is 1.33 bits per heavy atom. The monoisotopic (exact) mass is 298 g/mol. The molecule has 104 valence electrons. The molecule has 0 radical (unpaired) electrons. The summed E-state index contributed by atoms with van der Waals surface area (Å²) in [7, 11) is 1.86. The van der Waals surface area contributed by atoms with Gasteiger partial charge >= 0.3 is 0 Å². The molecule has 0 atom stereocenters. The Hall–Kier alpha value is -2.65. The van der Waals surface area contributed by atoms with E-state index in [1.54, 1.807) is 10.6 Å². The van der Waals surface area contributed by atoms with Crippen LogP contribution >= 0.6 is 11.6 Å². The first kappa shape index (κ1) is 13.3. The molecule has 0 aliphatic heterocycles. The van der Waals surface area contributed by atoms with E-state index >= 15 is 0 Å². The van der Waals surface area contributed by atoms with Crippen molar-refractivity contribution in [3.05, 3.63) is 46.9 Å². The first-order valence-electron chi connectivity index (χ1n) is 6.22. The zero-order valence-electron chi connectivity index (χ0n) is 11.4. The minimum Gasteiger partial charge on any atom is -0.328 e. The number of fused-ring (bicyclic) bond motifs is 1. The second kappa shape index (κ2) is 5.04. The van der Waals surface area contributed by atoms with Gasteiger partial charge in [0.05, 0.1) is 11.3 Å². The van der Waals surface area contributed by atoms with Gasteiger partial charge in [-0.3, -0.25) is 0 Å². The van der Waals surface area contributed by atoms with E-state index in [0.717, 1.165) is 17.1 Å². The standard InChI is InChI=1S/C14H11ClN6/c1-9-12(15)19-14-17-8-18-21(14)13(9)20(2)11-6-4-3-5-10(11)7-16/h3-6,8H,1-2H3. The Labute approximate surface area is 126 Å². The van der Waals surface area contributed by atoms with Crippen LogP contribution in [0.3, 0.4) is 0 Å². The molecule has 0 bridgehead atoms. The van der Waals surface area contributed by atoms with Gasteiger partial charge in [-0.25, -0.2) is 0 Å². The fourth-order valence-electron chi connectivity index (χ4n) is 2.25. The third-order valence-corrected chi connectivity index (χ3v) is 3.64. The molecule has 6 nitrogen and oxygen atoms in total. The lowest BCUT2D eigenvalue weighted by atomic mass is 10.1. The van der Waals surface area contributed by atoms with Gasteiger partial charge in [-0.05, 0) is 19.1 Å². The first-order chi connectivity index (χ1) is 10.1. The Bertz CT molecular complexity index is 864. The van der Waals surface area contributed by atoms with Gasteiger partial charge in [0.1, 0.15) is 23.4 Å². The van der Waals surface area contributed by atoms with Crippen molar-refractivity contribution in [3.63, 3.8) is 0 Å². The van der Waals surface area contributed by atoms with Crippen molar-refractivity contribution in [1.29, 1.82) is 5.26 Å². The van der Waals surface area contributed by atoms with Gasteiger partial charge in [0.25, 0.3) is 5.78 Å². The van der Waals surface area contributed by atoms with Crippen molar-refractivity contribution >= 4 is 28.9 Å². The van der Waals surface area contributed by atoms with Crippen molar-refractivity contribution < 1.29 is 0 Å². The largest absolute Gasteiger partial charge is 0.328 e. The summed E-state index contributed by atoms with van der Waals surface area (Å²) in [5, 5.41) is 13.8. The fourth-order valence-corrected chi connectivity index (χ4v) is 2.41. The van der Waals surface area contributed by atoms with E-state index in [1.807, 2.05) is 37.1 Å². The van der Waals surface area contributed by atoms with E-state index in [1.165, 1.54) is 6.33 Å². The molecule has 0 amide bonds. The molecule has 0 spiro atoms. The van der Waals surface area contributed by atoms with Crippen LogP contribution in [0.15, 0.2) is 30.6 Å². The number of hydrogen-bond acceptors (Lipinski definition) is 5. The number of benzene rings is 1. The van der Waals surface area contributed by atoms with Gasteiger partial charge in [-0.15, -0.1) is 0 Å². The summed E-state index contributed by atoms with van der Waals surface area (Å²) in [4.78, 5) is 10.1. The van der Waals surface area contributed by atoms with Crippen molar-refractivity contribution in [3.8, 4) is 6.07 Å². The highest BCUT2D eigenvalue weighted by Gasteiger charge is 2.18. The summed E-state index contributed by atoms with van der Waals surface area (Å²) in [6, 6.07) is 9.53. The van der Waals surface area contributed by atoms with Crippen molar-refractivity contribution in [2.45, 2.75) is 6.92 Å². The van der Waals surface area contributed by atoms with Crippen LogP contribution in [0.25, 0.3) is 5.78 Å². The number of nitrogens with zero attached hydrogens (tertiary/aromatic N) is 6. The Morgan fingerprint density at radius 2 is 2.10 bits per heavy atom. The Balaban J connectivity index is 2.27. The number of halogens is 1. The van der Waals surface area contributed by atoms with Gasteiger partial charge < -0.3 is 4.90 Å². The highest BCUT2D eigenvalue weighted by Crippen LogP contribution is 2.31. The SMILES string of the molecule is Cc1c(Cl)nc2ncnn2c1N(C)c1ccccc1C#N. The normalized spacial score (nSPS) is 10.6. The van der Waals surface area contributed by atoms with Crippen molar-refractivity contribution in [2.24, 2.45) is 0 Å². The first-order valence-corrected chi connectivity index (χ1v) is 6.60. The highest BCUT2D eigenvalue weighted by atomic mass is 35.5. The molecule has 0 aliphatic rings. The molecular weight excluding hydrogens is 288 g/mol. The van der Waals surface area contributed by atoms with Crippen LogP contribution in [-0.2, 0) is 0 Å². The second-order valence-corrected chi connectivity index (χ2v) is 4.87. The van der Waals surface area contributed by atoms with Crippen molar-refractivity contribution in [2.75, 3.05) is 11.9 Å². The van der Waals surface area contributed by atoms with E-state index in [-0.39, 0.29) is 0 Å². The van der Waals surface area contributed by atoms with Crippen LogP contribution in [-0.4, -0.2) is 26.6 Å². The topological polar surface area (TPSA) is 70.1 Å². The third kappa shape index (κ3) is 2.08. The molecule has 0 saturated carbocycles. The van der Waals surface area contributed by atoms with Crippen molar-refractivity contribution in [1.82, 2.24) is 19.6 Å². The average Bonchev–Trinajstić information content (AvgIpc) is 2.95. The van der Waals surface area contributed by atoms with E-state index in [0.29, 0.717) is 16.5 Å². The maximum atomic E-state index is 9.26. The molecule has 1 aromatic carbocycles. The van der Waals surface area contributed by atoms with E-state index in [9.17, 15) is 5.26 Å². The second-order valence-electron chi connectivity index (χ2n) is 4.51. The van der Waals surface area contributed by atoms with Crippen LogP contribution in [0, 0.1) is 18.3 Å². The molecule has 2 heterocycles. The number of rotatable bonds is 2. The number of hydrogen-bond donors (Lipinski definition) is 0. The van der Waals surface area contributed by atoms with E-state index in [4.69, 9.17) is 11.6 Å². The molecule has 3 aromatic rings. The summed E-state index contributed by atoms with van der Waals surface area (Å²) >= 11 is 6.17. The van der Waals surface area contributed by atoms with Crippen LogP contribution in [0.1, 0.15) is 11.1 Å².